The summed E-state index contributed by atoms with van der Waals surface area (Å²) in [4.78, 5) is 31.6. The number of aromatic amines is 1. The number of hydrogen-bond acceptors (Lipinski definition) is 5. The molecule has 2 fully saturated rings. The maximum Gasteiger partial charge on any atom is 0.253 e. The van der Waals surface area contributed by atoms with Crippen LogP contribution in [0, 0.1) is 0 Å². The highest BCUT2D eigenvalue weighted by Crippen LogP contribution is 2.19. The van der Waals surface area contributed by atoms with Gasteiger partial charge in [-0.3, -0.25) is 14.5 Å². The minimum atomic E-state index is -0.0119. The van der Waals surface area contributed by atoms with Crippen LogP contribution in [0.15, 0.2) is 18.2 Å². The fourth-order valence-corrected chi connectivity index (χ4v) is 3.93. The molecular weight excluding hydrogens is 332 g/mol. The van der Waals surface area contributed by atoms with E-state index in [1.165, 1.54) is 0 Å². The lowest BCUT2D eigenvalue weighted by Gasteiger charge is -2.27. The minimum absolute atomic E-state index is 0.00632. The summed E-state index contributed by atoms with van der Waals surface area (Å²) in [7, 11) is 2.02. The first kappa shape index (κ1) is 17.0. The first-order chi connectivity index (χ1) is 12.6. The van der Waals surface area contributed by atoms with Gasteiger partial charge in [-0.1, -0.05) is 0 Å². The molecule has 0 spiro atoms. The molecule has 1 aromatic carbocycles. The van der Waals surface area contributed by atoms with Gasteiger partial charge in [-0.05, 0) is 51.1 Å². The highest BCUT2D eigenvalue weighted by Gasteiger charge is 2.32. The Labute approximate surface area is 152 Å². The van der Waals surface area contributed by atoms with Gasteiger partial charge >= 0.3 is 0 Å². The lowest BCUT2D eigenvalue weighted by atomic mass is 10.1. The molecule has 2 amide bonds. The number of likely N-dealkylation sites (tertiary alicyclic amines) is 1. The molecule has 1 aromatic heterocycles. The second-order valence-corrected chi connectivity index (χ2v) is 7.14. The van der Waals surface area contributed by atoms with Crippen LogP contribution >= 0.6 is 0 Å². The SMILES string of the molecule is CN1CCC[C@H]1C(=O)N1CCCN(C(=O)c2ccc3n[nH]nc3c2)CC1. The molecule has 1 atom stereocenters. The van der Waals surface area contributed by atoms with E-state index in [9.17, 15) is 9.59 Å². The van der Waals surface area contributed by atoms with E-state index in [1.54, 1.807) is 18.2 Å². The standard InChI is InChI=1S/C18H24N6O2/c1-22-7-2-4-16(22)18(26)24-9-3-8-23(10-11-24)17(25)13-5-6-14-15(12-13)20-21-19-14/h5-6,12,16H,2-4,7-11H2,1H3,(H,19,20,21)/t16-/m0/s1. The van der Waals surface area contributed by atoms with Gasteiger partial charge in [0.25, 0.3) is 5.91 Å². The zero-order valence-electron chi connectivity index (χ0n) is 15.0. The number of nitrogens with zero attached hydrogens (tertiary/aromatic N) is 5. The van der Waals surface area contributed by atoms with Crippen molar-refractivity contribution >= 4 is 22.8 Å². The monoisotopic (exact) mass is 356 g/mol. The summed E-state index contributed by atoms with van der Waals surface area (Å²) >= 11 is 0. The Kier molecular flexibility index (Phi) is 4.58. The normalized spacial score (nSPS) is 22.0. The van der Waals surface area contributed by atoms with Crippen LogP contribution in [-0.4, -0.2) is 87.7 Å². The molecule has 3 heterocycles. The first-order valence-electron chi connectivity index (χ1n) is 9.22. The van der Waals surface area contributed by atoms with Crippen LogP contribution in [0.25, 0.3) is 11.0 Å². The number of aromatic nitrogens is 3. The number of H-pyrrole nitrogens is 1. The van der Waals surface area contributed by atoms with Crippen molar-refractivity contribution < 1.29 is 9.59 Å². The number of amides is 2. The van der Waals surface area contributed by atoms with Crippen LogP contribution in [0.2, 0.25) is 0 Å². The van der Waals surface area contributed by atoms with E-state index in [0.29, 0.717) is 30.7 Å². The molecule has 0 saturated carbocycles. The molecule has 0 unspecified atom stereocenters. The number of carbonyl (C=O) groups is 2. The number of likely N-dealkylation sites (N-methyl/N-ethyl adjacent to an activating group) is 1. The smallest absolute Gasteiger partial charge is 0.253 e. The number of nitrogens with one attached hydrogen (secondary N) is 1. The maximum absolute atomic E-state index is 12.9. The predicted molar refractivity (Wildman–Crippen MR) is 96.6 cm³/mol. The van der Waals surface area contributed by atoms with Crippen LogP contribution in [0.5, 0.6) is 0 Å². The summed E-state index contributed by atoms with van der Waals surface area (Å²) in [6.07, 6.45) is 2.82. The van der Waals surface area contributed by atoms with E-state index >= 15 is 0 Å². The summed E-state index contributed by atoms with van der Waals surface area (Å²) in [5.41, 5.74) is 2.04. The lowest BCUT2D eigenvalue weighted by Crippen LogP contribution is -2.46. The predicted octanol–water partition coefficient (Wildman–Crippen LogP) is 0.727. The van der Waals surface area contributed by atoms with Crippen LogP contribution < -0.4 is 0 Å². The Morgan fingerprint density at radius 1 is 1.00 bits per heavy atom. The second-order valence-electron chi connectivity index (χ2n) is 7.14. The van der Waals surface area contributed by atoms with Crippen LogP contribution in [0.1, 0.15) is 29.6 Å². The van der Waals surface area contributed by atoms with E-state index in [4.69, 9.17) is 0 Å². The second kappa shape index (κ2) is 7.03. The van der Waals surface area contributed by atoms with E-state index in [-0.39, 0.29) is 17.9 Å². The zero-order chi connectivity index (χ0) is 18.1. The van der Waals surface area contributed by atoms with Gasteiger partial charge in [-0.15, -0.1) is 0 Å². The van der Waals surface area contributed by atoms with Crippen LogP contribution in [0.4, 0.5) is 0 Å². The molecule has 8 heteroatoms. The van der Waals surface area contributed by atoms with Gasteiger partial charge in [0.1, 0.15) is 11.0 Å². The third-order valence-electron chi connectivity index (χ3n) is 5.46. The van der Waals surface area contributed by atoms with Crippen molar-refractivity contribution in [3.63, 3.8) is 0 Å². The molecule has 0 bridgehead atoms. The van der Waals surface area contributed by atoms with Gasteiger partial charge in [0.15, 0.2) is 0 Å². The maximum atomic E-state index is 12.9. The summed E-state index contributed by atoms with van der Waals surface area (Å²) in [6.45, 7) is 3.54. The Morgan fingerprint density at radius 2 is 1.77 bits per heavy atom. The zero-order valence-corrected chi connectivity index (χ0v) is 15.0. The Balaban J connectivity index is 1.42. The van der Waals surface area contributed by atoms with Crippen molar-refractivity contribution in [3.8, 4) is 0 Å². The lowest BCUT2D eigenvalue weighted by molar-refractivity contribution is -0.135. The van der Waals surface area contributed by atoms with E-state index in [0.717, 1.165) is 37.9 Å². The number of hydrogen-bond donors (Lipinski definition) is 1. The average Bonchev–Trinajstić information content (AvgIpc) is 3.22. The summed E-state index contributed by atoms with van der Waals surface area (Å²) in [6, 6.07) is 5.36. The Morgan fingerprint density at radius 3 is 2.58 bits per heavy atom. The fraction of sp³-hybridized carbons (Fsp3) is 0.556. The van der Waals surface area contributed by atoms with E-state index in [2.05, 4.69) is 20.3 Å². The molecule has 0 aliphatic carbocycles. The topological polar surface area (TPSA) is 85.4 Å². The third-order valence-corrected chi connectivity index (χ3v) is 5.46. The van der Waals surface area contributed by atoms with Crippen LogP contribution in [0.3, 0.4) is 0 Å². The van der Waals surface area contributed by atoms with Gasteiger partial charge < -0.3 is 9.80 Å². The molecule has 4 rings (SSSR count). The van der Waals surface area contributed by atoms with Crippen molar-refractivity contribution in [2.75, 3.05) is 39.8 Å². The Bertz CT molecular complexity index is 819. The molecule has 138 valence electrons. The highest BCUT2D eigenvalue weighted by atomic mass is 16.2. The summed E-state index contributed by atoms with van der Waals surface area (Å²) < 4.78 is 0. The van der Waals surface area contributed by atoms with Gasteiger partial charge in [-0.2, -0.15) is 15.4 Å². The summed E-state index contributed by atoms with van der Waals surface area (Å²) in [5.74, 6) is 0.200. The van der Waals surface area contributed by atoms with Gasteiger partial charge in [0.05, 0.1) is 6.04 Å². The molecular formula is C18H24N6O2. The van der Waals surface area contributed by atoms with E-state index < -0.39 is 0 Å². The molecule has 8 nitrogen and oxygen atoms in total. The van der Waals surface area contributed by atoms with E-state index in [1.807, 2.05) is 16.8 Å². The number of carbonyl (C=O) groups excluding carboxylic acids is 2. The van der Waals surface area contributed by atoms with Crippen molar-refractivity contribution in [2.24, 2.45) is 0 Å². The molecule has 0 radical (unpaired) electrons. The average molecular weight is 356 g/mol. The van der Waals surface area contributed by atoms with Crippen molar-refractivity contribution in [3.05, 3.63) is 23.8 Å². The van der Waals surface area contributed by atoms with Crippen LogP contribution in [-0.2, 0) is 4.79 Å². The van der Waals surface area contributed by atoms with Gasteiger partial charge in [-0.25, -0.2) is 0 Å². The molecule has 26 heavy (non-hydrogen) atoms. The molecule has 2 aliphatic heterocycles. The quantitative estimate of drug-likeness (QED) is 0.857. The fourth-order valence-electron chi connectivity index (χ4n) is 3.93. The van der Waals surface area contributed by atoms with Gasteiger partial charge in [0.2, 0.25) is 5.91 Å². The minimum Gasteiger partial charge on any atom is -0.339 e. The van der Waals surface area contributed by atoms with Crippen molar-refractivity contribution in [2.45, 2.75) is 25.3 Å². The molecule has 2 aromatic rings. The highest BCUT2D eigenvalue weighted by molar-refractivity contribution is 5.97. The third kappa shape index (κ3) is 3.16. The number of benzene rings is 1. The number of fused-ring (bicyclic) bond motifs is 1. The first-order valence-corrected chi connectivity index (χ1v) is 9.22. The molecule has 2 saturated heterocycles. The molecule has 2 aliphatic rings. The van der Waals surface area contributed by atoms with Gasteiger partial charge in [0, 0.05) is 31.7 Å². The van der Waals surface area contributed by atoms with Crippen molar-refractivity contribution in [1.82, 2.24) is 30.1 Å². The Hall–Kier alpha value is -2.48. The van der Waals surface area contributed by atoms with Crippen molar-refractivity contribution in [1.29, 1.82) is 0 Å². The summed E-state index contributed by atoms with van der Waals surface area (Å²) in [5, 5.41) is 10.6. The largest absolute Gasteiger partial charge is 0.339 e. The molecule has 1 N–H and O–H groups in total. The number of rotatable bonds is 2.